The van der Waals surface area contributed by atoms with E-state index in [0.29, 0.717) is 0 Å². The molecule has 0 atom stereocenters. The summed E-state index contributed by atoms with van der Waals surface area (Å²) in [5.41, 5.74) is 0. The summed E-state index contributed by atoms with van der Waals surface area (Å²) in [5, 5.41) is 14.9. The van der Waals surface area contributed by atoms with Gasteiger partial charge in [0.1, 0.15) is 0 Å². The Morgan fingerprint density at radius 1 is 1.12 bits per heavy atom. The van der Waals surface area contributed by atoms with Crippen LogP contribution in [0.5, 0.6) is 0 Å². The fraction of sp³-hybridized carbons (Fsp3) is 0. The second kappa shape index (κ2) is 3.74. The molecule has 0 amide bonds. The van der Waals surface area contributed by atoms with Gasteiger partial charge in [0.25, 0.3) is 0 Å². The van der Waals surface area contributed by atoms with Crippen molar-refractivity contribution in [2.24, 2.45) is 0 Å². The van der Waals surface area contributed by atoms with Gasteiger partial charge in [-0.15, -0.1) is 20.2 Å². The molecule has 0 unspecified atom stereocenters. The molecule has 0 aliphatic heterocycles. The summed E-state index contributed by atoms with van der Waals surface area (Å²) in [6, 6.07) is 0. The molecule has 8 heteroatoms. The van der Waals surface area contributed by atoms with Crippen molar-refractivity contribution >= 4 is 0 Å². The van der Waals surface area contributed by atoms with E-state index in [1.807, 2.05) is 0 Å². The average Bonchev–Trinajstić information content (AvgIpc) is 1.27. The SMILES string of the molecule is O.O=[N+]([O-])O[N+](=O)[O-]. The summed E-state index contributed by atoms with van der Waals surface area (Å²) in [6.07, 6.45) is 0. The molecule has 48 valence electrons. The van der Waals surface area contributed by atoms with Gasteiger partial charge in [-0.2, -0.15) is 0 Å². The lowest BCUT2D eigenvalue weighted by atomic mass is 12.9. The zero-order valence-electron chi connectivity index (χ0n) is 3.44. The molecule has 0 saturated heterocycles. The van der Waals surface area contributed by atoms with Crippen molar-refractivity contribution in [3.8, 4) is 0 Å². The maximum Gasteiger partial charge on any atom is 0.356 e. The topological polar surface area (TPSA) is 127 Å². The quantitative estimate of drug-likeness (QED) is 0.330. The van der Waals surface area contributed by atoms with E-state index in [-0.39, 0.29) is 5.48 Å². The maximum absolute atomic E-state index is 8.95. The zero-order chi connectivity index (χ0) is 5.86. The molecule has 0 rings (SSSR count). The number of hydrogen-bond acceptors (Lipinski definition) is 5. The first kappa shape index (κ1) is 9.75. The van der Waals surface area contributed by atoms with Crippen LogP contribution in [0, 0.1) is 20.2 Å². The number of hydrogen-bond donors (Lipinski definition) is 0. The van der Waals surface area contributed by atoms with Gasteiger partial charge in [0.15, 0.2) is 0 Å². The predicted octanol–water partition coefficient (Wildman–Crippen LogP) is -1.44. The van der Waals surface area contributed by atoms with Crippen LogP contribution in [0.1, 0.15) is 0 Å². The standard InChI is InChI=1S/N2O5.H2O/c3-1(4)7-2(5)6;/h;1H2. The van der Waals surface area contributed by atoms with Crippen LogP contribution in [0.2, 0.25) is 0 Å². The van der Waals surface area contributed by atoms with Gasteiger partial charge in [-0.05, 0) is 0 Å². The predicted molar refractivity (Wildman–Crippen MR) is 18.7 cm³/mol. The van der Waals surface area contributed by atoms with Crippen molar-refractivity contribution < 1.29 is 20.6 Å². The van der Waals surface area contributed by atoms with E-state index < -0.39 is 10.2 Å². The Bertz CT molecular complexity index is 82.7. The van der Waals surface area contributed by atoms with Crippen molar-refractivity contribution in [3.63, 3.8) is 0 Å². The summed E-state index contributed by atoms with van der Waals surface area (Å²) in [4.78, 5) is 20.6. The monoisotopic (exact) mass is 126 g/mol. The second-order valence-electron chi connectivity index (χ2n) is 0.529. The smallest absolute Gasteiger partial charge is 0.356 e. The molecule has 0 spiro atoms. The fourth-order valence-electron chi connectivity index (χ4n) is 0.0544. The summed E-state index contributed by atoms with van der Waals surface area (Å²) >= 11 is 0. The van der Waals surface area contributed by atoms with Crippen LogP contribution in [0.3, 0.4) is 0 Å². The molecule has 2 N–H and O–H groups in total. The molecule has 0 aliphatic carbocycles. The molecule has 8 heavy (non-hydrogen) atoms. The Morgan fingerprint density at radius 2 is 1.38 bits per heavy atom. The third kappa shape index (κ3) is 8.82. The third-order valence-corrected chi connectivity index (χ3v) is 0.133. The summed E-state index contributed by atoms with van der Waals surface area (Å²) in [5.74, 6) is 0. The van der Waals surface area contributed by atoms with Gasteiger partial charge >= 0.3 is 10.2 Å². The van der Waals surface area contributed by atoms with E-state index in [2.05, 4.69) is 4.94 Å². The van der Waals surface area contributed by atoms with Gasteiger partial charge in [-0.3, -0.25) is 0 Å². The van der Waals surface area contributed by atoms with Gasteiger partial charge in [0.2, 0.25) is 0 Å². The minimum Gasteiger partial charge on any atom is -0.412 e. The van der Waals surface area contributed by atoms with E-state index in [9.17, 15) is 0 Å². The molecule has 0 aromatic heterocycles. The van der Waals surface area contributed by atoms with Gasteiger partial charge in [0, 0.05) is 4.94 Å². The second-order valence-corrected chi connectivity index (χ2v) is 0.529. The van der Waals surface area contributed by atoms with E-state index in [0.717, 1.165) is 0 Å². The number of rotatable bonds is 2. The Morgan fingerprint density at radius 3 is 1.38 bits per heavy atom. The fourth-order valence-corrected chi connectivity index (χ4v) is 0.0544. The lowest BCUT2D eigenvalue weighted by molar-refractivity contribution is -1.03. The first-order valence-electron chi connectivity index (χ1n) is 1.10. The van der Waals surface area contributed by atoms with Crippen LogP contribution in [0.25, 0.3) is 0 Å². The molecule has 0 aromatic rings. The molecular weight excluding hydrogens is 124 g/mol. The lowest BCUT2D eigenvalue weighted by Crippen LogP contribution is -2.06. The van der Waals surface area contributed by atoms with Crippen LogP contribution in [-0.4, -0.2) is 15.6 Å². The van der Waals surface area contributed by atoms with Gasteiger partial charge in [-0.25, -0.2) is 0 Å². The van der Waals surface area contributed by atoms with Crippen molar-refractivity contribution in [2.75, 3.05) is 0 Å². The van der Waals surface area contributed by atoms with E-state index >= 15 is 0 Å². The molecule has 0 heterocycles. The molecule has 0 radical (unpaired) electrons. The molecule has 0 aromatic carbocycles. The first-order chi connectivity index (χ1) is 3.13. The van der Waals surface area contributed by atoms with Gasteiger partial charge in [-0.1, -0.05) is 0 Å². The minimum absolute atomic E-state index is 0. The van der Waals surface area contributed by atoms with Gasteiger partial charge in [0.05, 0.1) is 0 Å². The van der Waals surface area contributed by atoms with Crippen LogP contribution >= 0.6 is 0 Å². The van der Waals surface area contributed by atoms with Gasteiger partial charge < -0.3 is 5.48 Å². The zero-order valence-corrected chi connectivity index (χ0v) is 3.44. The Hall–Kier alpha value is -1.44. The van der Waals surface area contributed by atoms with Crippen molar-refractivity contribution in [3.05, 3.63) is 20.2 Å². The molecule has 0 saturated carbocycles. The van der Waals surface area contributed by atoms with Crippen LogP contribution in [-0.2, 0) is 4.94 Å². The minimum atomic E-state index is -1.50. The third-order valence-electron chi connectivity index (χ3n) is 0.133. The average molecular weight is 126 g/mol. The highest BCUT2D eigenvalue weighted by atomic mass is 17.1. The van der Waals surface area contributed by atoms with Crippen LogP contribution < -0.4 is 0 Å². The number of nitrogens with zero attached hydrogens (tertiary/aromatic N) is 2. The molecule has 8 nitrogen and oxygen atoms in total. The van der Waals surface area contributed by atoms with Crippen LogP contribution in [0.15, 0.2) is 0 Å². The molecule has 0 fully saturated rings. The Kier molecular flexibility index (Phi) is 4.56. The summed E-state index contributed by atoms with van der Waals surface area (Å²) in [6.45, 7) is 0. The normalized spacial score (nSPS) is 6.50. The highest BCUT2D eigenvalue weighted by Crippen LogP contribution is 1.70. The van der Waals surface area contributed by atoms with E-state index in [1.54, 1.807) is 0 Å². The van der Waals surface area contributed by atoms with E-state index in [1.165, 1.54) is 0 Å². The molecule has 0 aliphatic rings. The molecular formula is H2N2O6. The first-order valence-corrected chi connectivity index (χ1v) is 1.10. The highest BCUT2D eigenvalue weighted by molar-refractivity contribution is 3.89. The maximum atomic E-state index is 8.95. The van der Waals surface area contributed by atoms with Crippen molar-refractivity contribution in [2.45, 2.75) is 0 Å². The van der Waals surface area contributed by atoms with Crippen molar-refractivity contribution in [1.82, 2.24) is 0 Å². The highest BCUT2D eigenvalue weighted by Gasteiger charge is 2.05. The Labute approximate surface area is 42.2 Å². The lowest BCUT2D eigenvalue weighted by Gasteiger charge is -1.71. The van der Waals surface area contributed by atoms with Crippen LogP contribution in [0.4, 0.5) is 0 Å². The Balaban J connectivity index is 0. The summed E-state index contributed by atoms with van der Waals surface area (Å²) < 4.78 is 0. The molecule has 0 bridgehead atoms. The van der Waals surface area contributed by atoms with E-state index in [4.69, 9.17) is 20.2 Å². The van der Waals surface area contributed by atoms with Crippen molar-refractivity contribution in [1.29, 1.82) is 0 Å². The largest absolute Gasteiger partial charge is 0.412 e. The summed E-state index contributed by atoms with van der Waals surface area (Å²) in [7, 11) is 0.